The maximum Gasteiger partial charge on any atom is 0.404 e. The van der Waals surface area contributed by atoms with Crippen molar-refractivity contribution in [1.82, 2.24) is 4.90 Å². The third kappa shape index (κ3) is 4.86. The molecule has 0 amide bonds. The molecular formula is C13H24F3N. The Morgan fingerprint density at radius 1 is 1.12 bits per heavy atom. The summed E-state index contributed by atoms with van der Waals surface area (Å²) >= 11 is 0. The molecule has 1 rings (SSSR count). The first-order valence-corrected chi connectivity index (χ1v) is 6.52. The average Bonchev–Trinajstić information content (AvgIpc) is 2.82. The number of rotatable bonds is 6. The van der Waals surface area contributed by atoms with Gasteiger partial charge in [-0.05, 0) is 30.6 Å². The van der Waals surface area contributed by atoms with E-state index in [1.54, 1.807) is 18.7 Å². The highest BCUT2D eigenvalue weighted by Crippen LogP contribution is 2.35. The zero-order valence-electron chi connectivity index (χ0n) is 11.2. The third-order valence-electron chi connectivity index (χ3n) is 3.15. The minimum atomic E-state index is -4.11. The van der Waals surface area contributed by atoms with Crippen molar-refractivity contribution in [1.29, 1.82) is 0 Å². The molecule has 0 aliphatic heterocycles. The molecule has 0 bridgehead atoms. The van der Waals surface area contributed by atoms with Gasteiger partial charge >= 0.3 is 6.18 Å². The van der Waals surface area contributed by atoms with E-state index in [1.807, 2.05) is 13.8 Å². The molecule has 1 aliphatic carbocycles. The van der Waals surface area contributed by atoms with Gasteiger partial charge < -0.3 is 0 Å². The standard InChI is InChI=1S/C13H24F3N/c1-9(2)7-17(8-11-5-6-11)12(10(3)4)13(14,15)16/h9-12H,5-8H2,1-4H3/t12-/m0/s1. The lowest BCUT2D eigenvalue weighted by atomic mass is 10.00. The topological polar surface area (TPSA) is 3.24 Å². The minimum absolute atomic E-state index is 0.275. The van der Waals surface area contributed by atoms with Gasteiger partial charge in [-0.1, -0.05) is 27.7 Å². The van der Waals surface area contributed by atoms with Crippen LogP contribution < -0.4 is 0 Å². The number of nitrogens with zero attached hydrogens (tertiary/aromatic N) is 1. The highest BCUT2D eigenvalue weighted by atomic mass is 19.4. The van der Waals surface area contributed by atoms with Gasteiger partial charge in [0, 0.05) is 13.1 Å². The number of hydrogen-bond acceptors (Lipinski definition) is 1. The van der Waals surface area contributed by atoms with Crippen LogP contribution in [0.15, 0.2) is 0 Å². The molecule has 102 valence electrons. The summed E-state index contributed by atoms with van der Waals surface area (Å²) < 4.78 is 39.3. The van der Waals surface area contributed by atoms with Crippen molar-refractivity contribution in [2.75, 3.05) is 13.1 Å². The first kappa shape index (κ1) is 14.8. The summed E-state index contributed by atoms with van der Waals surface area (Å²) in [5, 5.41) is 0. The smallest absolute Gasteiger partial charge is 0.292 e. The summed E-state index contributed by atoms with van der Waals surface area (Å²) in [6.07, 6.45) is -1.92. The lowest BCUT2D eigenvalue weighted by Crippen LogP contribution is -2.51. The molecule has 1 nitrogen and oxygen atoms in total. The second-order valence-corrected chi connectivity index (χ2v) is 6.02. The molecule has 0 N–H and O–H groups in total. The van der Waals surface area contributed by atoms with Gasteiger partial charge in [0.1, 0.15) is 6.04 Å². The Kier molecular flexibility index (Phi) is 4.87. The number of alkyl halides is 3. The molecule has 0 aromatic rings. The number of hydrogen-bond donors (Lipinski definition) is 0. The van der Waals surface area contributed by atoms with Gasteiger partial charge in [0.05, 0.1) is 0 Å². The fourth-order valence-electron chi connectivity index (χ4n) is 2.41. The maximum atomic E-state index is 13.1. The second-order valence-electron chi connectivity index (χ2n) is 6.02. The van der Waals surface area contributed by atoms with Crippen LogP contribution in [0.3, 0.4) is 0 Å². The van der Waals surface area contributed by atoms with Crippen molar-refractivity contribution in [3.05, 3.63) is 0 Å². The molecule has 4 heteroatoms. The fourth-order valence-corrected chi connectivity index (χ4v) is 2.41. The summed E-state index contributed by atoms with van der Waals surface area (Å²) in [6, 6.07) is -1.29. The highest BCUT2D eigenvalue weighted by Gasteiger charge is 2.46. The van der Waals surface area contributed by atoms with Crippen LogP contribution >= 0.6 is 0 Å². The van der Waals surface area contributed by atoms with Crippen LogP contribution in [0.25, 0.3) is 0 Å². The Morgan fingerprint density at radius 2 is 1.65 bits per heavy atom. The molecule has 0 radical (unpaired) electrons. The summed E-state index contributed by atoms with van der Waals surface area (Å²) in [4.78, 5) is 1.66. The average molecular weight is 251 g/mol. The molecule has 0 spiro atoms. The molecule has 0 aromatic carbocycles. The van der Waals surface area contributed by atoms with Gasteiger partial charge in [-0.3, -0.25) is 4.90 Å². The van der Waals surface area contributed by atoms with Crippen LogP contribution in [0.5, 0.6) is 0 Å². The van der Waals surface area contributed by atoms with E-state index in [4.69, 9.17) is 0 Å². The monoisotopic (exact) mass is 251 g/mol. The summed E-state index contributed by atoms with van der Waals surface area (Å²) in [5.41, 5.74) is 0. The first-order chi connectivity index (χ1) is 7.71. The van der Waals surface area contributed by atoms with Crippen LogP contribution in [-0.2, 0) is 0 Å². The van der Waals surface area contributed by atoms with E-state index in [2.05, 4.69) is 0 Å². The predicted molar refractivity (Wildman–Crippen MR) is 63.8 cm³/mol. The summed E-state index contributed by atoms with van der Waals surface area (Å²) in [5.74, 6) is 0.391. The first-order valence-electron chi connectivity index (χ1n) is 6.52. The third-order valence-corrected chi connectivity index (χ3v) is 3.15. The molecular weight excluding hydrogens is 227 g/mol. The van der Waals surface area contributed by atoms with E-state index in [9.17, 15) is 13.2 Å². The van der Waals surface area contributed by atoms with E-state index in [0.29, 0.717) is 19.0 Å². The SMILES string of the molecule is CC(C)CN(CC1CC1)[C@@H](C(C)C)C(F)(F)F. The fraction of sp³-hybridized carbons (Fsp3) is 1.00. The van der Waals surface area contributed by atoms with Crippen LogP contribution in [0.4, 0.5) is 13.2 Å². The Hall–Kier alpha value is -0.250. The van der Waals surface area contributed by atoms with Gasteiger partial charge in [-0.2, -0.15) is 13.2 Å². The Bertz CT molecular complexity index is 227. The molecule has 1 atom stereocenters. The van der Waals surface area contributed by atoms with Gasteiger partial charge in [0.25, 0.3) is 0 Å². The van der Waals surface area contributed by atoms with E-state index < -0.39 is 12.2 Å². The molecule has 0 saturated heterocycles. The molecule has 0 aromatic heterocycles. The predicted octanol–water partition coefficient (Wildman–Crippen LogP) is 3.94. The molecule has 1 fully saturated rings. The van der Waals surface area contributed by atoms with Crippen molar-refractivity contribution in [2.24, 2.45) is 17.8 Å². The zero-order chi connectivity index (χ0) is 13.2. The normalized spacial score (nSPS) is 19.4. The summed E-state index contributed by atoms with van der Waals surface area (Å²) in [7, 11) is 0. The van der Waals surface area contributed by atoms with Crippen molar-refractivity contribution >= 4 is 0 Å². The lowest BCUT2D eigenvalue weighted by molar-refractivity contribution is -0.196. The van der Waals surface area contributed by atoms with Crippen LogP contribution in [0.2, 0.25) is 0 Å². The molecule has 1 aliphatic rings. The lowest BCUT2D eigenvalue weighted by Gasteiger charge is -2.36. The van der Waals surface area contributed by atoms with Gasteiger partial charge in [-0.25, -0.2) is 0 Å². The maximum absolute atomic E-state index is 13.1. The zero-order valence-corrected chi connectivity index (χ0v) is 11.2. The van der Waals surface area contributed by atoms with Crippen LogP contribution in [0.1, 0.15) is 40.5 Å². The second kappa shape index (κ2) is 5.59. The van der Waals surface area contributed by atoms with Crippen molar-refractivity contribution in [3.8, 4) is 0 Å². The molecule has 17 heavy (non-hydrogen) atoms. The quantitative estimate of drug-likeness (QED) is 0.691. The van der Waals surface area contributed by atoms with E-state index in [0.717, 1.165) is 12.8 Å². The molecule has 0 heterocycles. The Morgan fingerprint density at radius 3 is 1.94 bits per heavy atom. The molecule has 0 unspecified atom stereocenters. The van der Waals surface area contributed by atoms with Gasteiger partial charge in [0.15, 0.2) is 0 Å². The van der Waals surface area contributed by atoms with Crippen LogP contribution in [0, 0.1) is 17.8 Å². The number of halogens is 3. The van der Waals surface area contributed by atoms with E-state index in [-0.39, 0.29) is 11.8 Å². The van der Waals surface area contributed by atoms with Crippen molar-refractivity contribution < 1.29 is 13.2 Å². The molecule has 1 saturated carbocycles. The van der Waals surface area contributed by atoms with E-state index in [1.165, 1.54) is 0 Å². The van der Waals surface area contributed by atoms with Crippen molar-refractivity contribution in [3.63, 3.8) is 0 Å². The minimum Gasteiger partial charge on any atom is -0.292 e. The summed E-state index contributed by atoms with van der Waals surface area (Å²) in [6.45, 7) is 8.44. The van der Waals surface area contributed by atoms with Crippen molar-refractivity contribution in [2.45, 2.75) is 52.8 Å². The van der Waals surface area contributed by atoms with E-state index >= 15 is 0 Å². The van der Waals surface area contributed by atoms with Gasteiger partial charge in [-0.15, -0.1) is 0 Å². The Labute approximate surface area is 102 Å². The Balaban J connectivity index is 2.74. The van der Waals surface area contributed by atoms with Gasteiger partial charge in [0.2, 0.25) is 0 Å². The highest BCUT2D eigenvalue weighted by molar-refractivity contribution is 4.86. The van der Waals surface area contributed by atoms with Crippen LogP contribution in [-0.4, -0.2) is 30.2 Å². The largest absolute Gasteiger partial charge is 0.404 e.